The minimum Gasteiger partial charge on any atom is -0.383 e. The van der Waals surface area contributed by atoms with E-state index in [1.807, 2.05) is 13.8 Å². The zero-order chi connectivity index (χ0) is 10.6. The standard InChI is InChI=1S/C11H21NO2/c1-8(2)10(13)11(14)12-9-6-4-3-5-7-9/h8-10,13H,3-7H2,1-2H3,(H,12,14). The van der Waals surface area contributed by atoms with Gasteiger partial charge in [0, 0.05) is 6.04 Å². The average Bonchev–Trinajstić information content (AvgIpc) is 2.18. The van der Waals surface area contributed by atoms with E-state index >= 15 is 0 Å². The van der Waals surface area contributed by atoms with E-state index in [4.69, 9.17) is 0 Å². The van der Waals surface area contributed by atoms with Gasteiger partial charge in [0.05, 0.1) is 0 Å². The van der Waals surface area contributed by atoms with Gasteiger partial charge in [-0.3, -0.25) is 4.79 Å². The maximum Gasteiger partial charge on any atom is 0.249 e. The van der Waals surface area contributed by atoms with Crippen molar-refractivity contribution in [3.8, 4) is 0 Å². The Morgan fingerprint density at radius 3 is 2.36 bits per heavy atom. The smallest absolute Gasteiger partial charge is 0.249 e. The lowest BCUT2D eigenvalue weighted by molar-refractivity contribution is -0.132. The van der Waals surface area contributed by atoms with Crippen LogP contribution in [0.2, 0.25) is 0 Å². The lowest BCUT2D eigenvalue weighted by Gasteiger charge is -2.24. The second kappa shape index (κ2) is 5.35. The summed E-state index contributed by atoms with van der Waals surface area (Å²) in [5.41, 5.74) is 0. The topological polar surface area (TPSA) is 49.3 Å². The molecule has 0 spiro atoms. The molecule has 1 fully saturated rings. The van der Waals surface area contributed by atoms with E-state index in [0.29, 0.717) is 6.04 Å². The molecule has 82 valence electrons. The number of rotatable bonds is 3. The van der Waals surface area contributed by atoms with E-state index in [0.717, 1.165) is 12.8 Å². The average molecular weight is 199 g/mol. The van der Waals surface area contributed by atoms with Crippen LogP contribution in [0, 0.1) is 5.92 Å². The van der Waals surface area contributed by atoms with Crippen LogP contribution in [0.1, 0.15) is 46.0 Å². The van der Waals surface area contributed by atoms with Gasteiger partial charge in [0.15, 0.2) is 0 Å². The molecule has 0 radical (unpaired) electrons. The fraction of sp³-hybridized carbons (Fsp3) is 0.909. The molecule has 1 aliphatic carbocycles. The number of aliphatic hydroxyl groups excluding tert-OH is 1. The molecule has 1 unspecified atom stereocenters. The zero-order valence-corrected chi connectivity index (χ0v) is 9.12. The largest absolute Gasteiger partial charge is 0.383 e. The molecule has 0 bridgehead atoms. The first kappa shape index (κ1) is 11.5. The molecule has 0 aromatic rings. The second-order valence-corrected chi connectivity index (χ2v) is 4.53. The Labute approximate surface area is 85.9 Å². The van der Waals surface area contributed by atoms with Crippen LogP contribution in [0.3, 0.4) is 0 Å². The monoisotopic (exact) mass is 199 g/mol. The minimum atomic E-state index is -0.850. The van der Waals surface area contributed by atoms with Crippen molar-refractivity contribution in [2.24, 2.45) is 5.92 Å². The zero-order valence-electron chi connectivity index (χ0n) is 9.12. The van der Waals surface area contributed by atoms with Crippen molar-refractivity contribution >= 4 is 5.91 Å². The summed E-state index contributed by atoms with van der Waals surface area (Å²) in [5, 5.41) is 12.4. The van der Waals surface area contributed by atoms with Crippen molar-refractivity contribution < 1.29 is 9.90 Å². The van der Waals surface area contributed by atoms with E-state index < -0.39 is 6.10 Å². The molecule has 0 aromatic heterocycles. The minimum absolute atomic E-state index is 0.00131. The molecular weight excluding hydrogens is 178 g/mol. The van der Waals surface area contributed by atoms with Crippen LogP contribution in [-0.2, 0) is 4.79 Å². The van der Waals surface area contributed by atoms with E-state index in [1.165, 1.54) is 19.3 Å². The van der Waals surface area contributed by atoms with Gasteiger partial charge in [-0.15, -0.1) is 0 Å². The number of aliphatic hydroxyl groups is 1. The third-order valence-electron chi connectivity index (χ3n) is 2.85. The summed E-state index contributed by atoms with van der Waals surface area (Å²) in [6.07, 6.45) is 4.95. The van der Waals surface area contributed by atoms with E-state index in [-0.39, 0.29) is 11.8 Å². The van der Waals surface area contributed by atoms with Crippen LogP contribution >= 0.6 is 0 Å². The molecule has 1 atom stereocenters. The Hall–Kier alpha value is -0.570. The van der Waals surface area contributed by atoms with Crippen molar-refractivity contribution in [2.75, 3.05) is 0 Å². The molecule has 0 heterocycles. The van der Waals surface area contributed by atoms with Gasteiger partial charge in [0.25, 0.3) is 0 Å². The molecule has 0 aliphatic heterocycles. The fourth-order valence-electron chi connectivity index (χ4n) is 1.84. The summed E-state index contributed by atoms with van der Waals surface area (Å²) in [7, 11) is 0. The summed E-state index contributed by atoms with van der Waals surface area (Å²) in [6.45, 7) is 3.70. The highest BCUT2D eigenvalue weighted by Gasteiger charge is 2.22. The molecular formula is C11H21NO2. The maximum atomic E-state index is 11.5. The molecule has 3 nitrogen and oxygen atoms in total. The van der Waals surface area contributed by atoms with Gasteiger partial charge in [0.2, 0.25) is 5.91 Å². The Kier molecular flexibility index (Phi) is 4.39. The number of nitrogens with one attached hydrogen (secondary N) is 1. The van der Waals surface area contributed by atoms with Crippen LogP contribution in [-0.4, -0.2) is 23.2 Å². The summed E-state index contributed by atoms with van der Waals surface area (Å²) in [5.74, 6) is -0.203. The van der Waals surface area contributed by atoms with Gasteiger partial charge < -0.3 is 10.4 Å². The predicted molar refractivity (Wildman–Crippen MR) is 55.9 cm³/mol. The number of carbonyl (C=O) groups is 1. The van der Waals surface area contributed by atoms with Gasteiger partial charge >= 0.3 is 0 Å². The van der Waals surface area contributed by atoms with Crippen LogP contribution in [0.15, 0.2) is 0 Å². The number of amides is 1. The molecule has 0 aromatic carbocycles. The third kappa shape index (κ3) is 3.29. The molecule has 1 saturated carbocycles. The lowest BCUT2D eigenvalue weighted by atomic mass is 9.95. The van der Waals surface area contributed by atoms with Gasteiger partial charge in [-0.2, -0.15) is 0 Å². The summed E-state index contributed by atoms with van der Waals surface area (Å²) < 4.78 is 0. The highest BCUT2D eigenvalue weighted by molar-refractivity contribution is 5.80. The summed E-state index contributed by atoms with van der Waals surface area (Å²) in [4.78, 5) is 11.5. The molecule has 3 heteroatoms. The Balaban J connectivity index is 2.31. The molecule has 1 amide bonds. The summed E-state index contributed by atoms with van der Waals surface area (Å²) in [6, 6.07) is 0.296. The van der Waals surface area contributed by atoms with Crippen molar-refractivity contribution in [1.29, 1.82) is 0 Å². The van der Waals surface area contributed by atoms with Crippen molar-refractivity contribution in [3.63, 3.8) is 0 Å². The predicted octanol–water partition coefficient (Wildman–Crippen LogP) is 1.45. The first-order valence-electron chi connectivity index (χ1n) is 5.59. The van der Waals surface area contributed by atoms with Crippen molar-refractivity contribution in [2.45, 2.75) is 58.1 Å². The SMILES string of the molecule is CC(C)C(O)C(=O)NC1CCCCC1. The van der Waals surface area contributed by atoms with Crippen LogP contribution < -0.4 is 5.32 Å². The van der Waals surface area contributed by atoms with Crippen LogP contribution in [0.25, 0.3) is 0 Å². The van der Waals surface area contributed by atoms with Crippen LogP contribution in [0.5, 0.6) is 0 Å². The highest BCUT2D eigenvalue weighted by atomic mass is 16.3. The Bertz CT molecular complexity index is 186. The number of carbonyl (C=O) groups excluding carboxylic acids is 1. The Morgan fingerprint density at radius 1 is 1.29 bits per heavy atom. The first-order chi connectivity index (χ1) is 6.61. The quantitative estimate of drug-likeness (QED) is 0.723. The van der Waals surface area contributed by atoms with Gasteiger partial charge in [0.1, 0.15) is 6.10 Å². The molecule has 14 heavy (non-hydrogen) atoms. The van der Waals surface area contributed by atoms with Crippen molar-refractivity contribution in [1.82, 2.24) is 5.32 Å². The van der Waals surface area contributed by atoms with E-state index in [2.05, 4.69) is 5.32 Å². The van der Waals surface area contributed by atoms with Gasteiger partial charge in [-0.1, -0.05) is 33.1 Å². The number of hydrogen-bond donors (Lipinski definition) is 2. The van der Waals surface area contributed by atoms with Crippen molar-refractivity contribution in [3.05, 3.63) is 0 Å². The lowest BCUT2D eigenvalue weighted by Crippen LogP contribution is -2.44. The van der Waals surface area contributed by atoms with Gasteiger partial charge in [-0.25, -0.2) is 0 Å². The maximum absolute atomic E-state index is 11.5. The molecule has 2 N–H and O–H groups in total. The third-order valence-corrected chi connectivity index (χ3v) is 2.85. The fourth-order valence-corrected chi connectivity index (χ4v) is 1.84. The first-order valence-corrected chi connectivity index (χ1v) is 5.59. The highest BCUT2D eigenvalue weighted by Crippen LogP contribution is 2.17. The number of hydrogen-bond acceptors (Lipinski definition) is 2. The Morgan fingerprint density at radius 2 is 1.86 bits per heavy atom. The van der Waals surface area contributed by atoms with Crippen LogP contribution in [0.4, 0.5) is 0 Å². The molecule has 1 aliphatic rings. The second-order valence-electron chi connectivity index (χ2n) is 4.53. The normalized spacial score (nSPS) is 20.9. The van der Waals surface area contributed by atoms with E-state index in [9.17, 15) is 9.90 Å². The van der Waals surface area contributed by atoms with E-state index in [1.54, 1.807) is 0 Å². The molecule has 0 saturated heterocycles. The molecule has 1 rings (SSSR count). The van der Waals surface area contributed by atoms with Gasteiger partial charge in [-0.05, 0) is 18.8 Å². The summed E-state index contributed by atoms with van der Waals surface area (Å²) >= 11 is 0.